The van der Waals surface area contributed by atoms with Crippen molar-refractivity contribution >= 4 is 11.3 Å². The van der Waals surface area contributed by atoms with Gasteiger partial charge in [0.25, 0.3) is 0 Å². The maximum absolute atomic E-state index is 3.71. The van der Waals surface area contributed by atoms with E-state index in [-0.39, 0.29) is 0 Å². The van der Waals surface area contributed by atoms with E-state index in [1.807, 2.05) is 11.3 Å². The molecule has 1 heterocycles. The van der Waals surface area contributed by atoms with Gasteiger partial charge in [0.05, 0.1) is 6.04 Å². The van der Waals surface area contributed by atoms with Crippen molar-refractivity contribution in [1.29, 1.82) is 0 Å². The van der Waals surface area contributed by atoms with E-state index in [0.717, 1.165) is 13.0 Å². The Morgan fingerprint density at radius 1 is 1.11 bits per heavy atom. The third kappa shape index (κ3) is 3.26. The van der Waals surface area contributed by atoms with Crippen LogP contribution in [0.5, 0.6) is 0 Å². The molecule has 1 aromatic carbocycles. The Balaban J connectivity index is 2.41. The first-order valence-electron chi connectivity index (χ1n) is 6.99. The zero-order chi connectivity index (χ0) is 13.8. The zero-order valence-electron chi connectivity index (χ0n) is 12.3. The maximum Gasteiger partial charge on any atom is 0.0676 e. The van der Waals surface area contributed by atoms with Crippen molar-refractivity contribution < 1.29 is 0 Å². The quantitative estimate of drug-likeness (QED) is 0.828. The van der Waals surface area contributed by atoms with Gasteiger partial charge in [-0.05, 0) is 56.5 Å². The van der Waals surface area contributed by atoms with Crippen LogP contribution in [-0.4, -0.2) is 6.54 Å². The molecular formula is C17H23NS. The van der Waals surface area contributed by atoms with Gasteiger partial charge < -0.3 is 5.32 Å². The van der Waals surface area contributed by atoms with Crippen molar-refractivity contribution in [1.82, 2.24) is 5.32 Å². The number of nitrogens with one attached hydrogen (secondary N) is 1. The number of hydrogen-bond acceptors (Lipinski definition) is 2. The SMILES string of the molecule is CCCNC(c1ccccc1C)c1sc(C)cc1C. The van der Waals surface area contributed by atoms with Crippen LogP contribution in [0.3, 0.4) is 0 Å². The van der Waals surface area contributed by atoms with Gasteiger partial charge in [-0.15, -0.1) is 11.3 Å². The number of thiophene rings is 1. The van der Waals surface area contributed by atoms with E-state index in [2.05, 4.69) is 63.3 Å². The van der Waals surface area contributed by atoms with Gasteiger partial charge in [0, 0.05) is 9.75 Å². The van der Waals surface area contributed by atoms with Crippen LogP contribution in [0.4, 0.5) is 0 Å². The summed E-state index contributed by atoms with van der Waals surface area (Å²) in [6.07, 6.45) is 1.16. The molecular weight excluding hydrogens is 250 g/mol. The van der Waals surface area contributed by atoms with Gasteiger partial charge >= 0.3 is 0 Å². The smallest absolute Gasteiger partial charge is 0.0676 e. The Labute approximate surface area is 120 Å². The van der Waals surface area contributed by atoms with E-state index in [1.54, 1.807) is 0 Å². The standard InChI is InChI=1S/C17H23NS/c1-5-10-18-16(15-9-7-6-8-12(15)2)17-13(3)11-14(4)19-17/h6-9,11,16,18H,5,10H2,1-4H3. The van der Waals surface area contributed by atoms with Gasteiger partial charge in [0.1, 0.15) is 0 Å². The van der Waals surface area contributed by atoms with Gasteiger partial charge in [-0.3, -0.25) is 0 Å². The summed E-state index contributed by atoms with van der Waals surface area (Å²) in [5, 5.41) is 3.71. The molecule has 1 N–H and O–H groups in total. The third-order valence-corrected chi connectivity index (χ3v) is 4.66. The molecule has 0 spiro atoms. The van der Waals surface area contributed by atoms with Crippen LogP contribution in [0.25, 0.3) is 0 Å². The molecule has 2 rings (SSSR count). The Kier molecular flexibility index (Phi) is 4.78. The second-order valence-corrected chi connectivity index (χ2v) is 6.44. The van der Waals surface area contributed by atoms with Gasteiger partial charge in [-0.25, -0.2) is 0 Å². The summed E-state index contributed by atoms with van der Waals surface area (Å²) in [5.41, 5.74) is 4.17. The van der Waals surface area contributed by atoms with E-state index in [1.165, 1.54) is 26.4 Å². The van der Waals surface area contributed by atoms with Crippen molar-refractivity contribution in [3.8, 4) is 0 Å². The van der Waals surface area contributed by atoms with Gasteiger partial charge in [0.15, 0.2) is 0 Å². The molecule has 1 unspecified atom stereocenters. The molecule has 19 heavy (non-hydrogen) atoms. The highest BCUT2D eigenvalue weighted by Crippen LogP contribution is 2.33. The van der Waals surface area contributed by atoms with Gasteiger partial charge in [0.2, 0.25) is 0 Å². The molecule has 0 aliphatic heterocycles. The van der Waals surface area contributed by atoms with E-state index in [4.69, 9.17) is 0 Å². The van der Waals surface area contributed by atoms with E-state index < -0.39 is 0 Å². The lowest BCUT2D eigenvalue weighted by molar-refractivity contribution is 0.601. The molecule has 0 bridgehead atoms. The van der Waals surface area contributed by atoms with Crippen molar-refractivity contribution in [2.45, 2.75) is 40.2 Å². The van der Waals surface area contributed by atoms with Crippen LogP contribution >= 0.6 is 11.3 Å². The summed E-state index contributed by atoms with van der Waals surface area (Å²) in [5.74, 6) is 0. The summed E-state index contributed by atoms with van der Waals surface area (Å²) in [7, 11) is 0. The highest BCUT2D eigenvalue weighted by Gasteiger charge is 2.19. The number of hydrogen-bond donors (Lipinski definition) is 1. The molecule has 2 heteroatoms. The fourth-order valence-corrected chi connectivity index (χ4v) is 3.62. The Morgan fingerprint density at radius 3 is 2.42 bits per heavy atom. The number of rotatable bonds is 5. The molecule has 0 aliphatic rings. The first kappa shape index (κ1) is 14.3. The molecule has 0 fully saturated rings. The summed E-state index contributed by atoms with van der Waals surface area (Å²) in [6.45, 7) is 9.88. The highest BCUT2D eigenvalue weighted by atomic mass is 32.1. The van der Waals surface area contributed by atoms with Crippen LogP contribution in [-0.2, 0) is 0 Å². The van der Waals surface area contributed by atoms with Crippen LogP contribution in [0.1, 0.15) is 45.8 Å². The summed E-state index contributed by atoms with van der Waals surface area (Å²) >= 11 is 1.91. The Hall–Kier alpha value is -1.12. The first-order valence-corrected chi connectivity index (χ1v) is 7.81. The fraction of sp³-hybridized carbons (Fsp3) is 0.412. The van der Waals surface area contributed by atoms with Crippen molar-refractivity contribution in [3.05, 3.63) is 56.8 Å². The minimum atomic E-state index is 0.333. The third-order valence-electron chi connectivity index (χ3n) is 3.44. The predicted molar refractivity (Wildman–Crippen MR) is 85.1 cm³/mol. The molecule has 1 nitrogen and oxygen atoms in total. The Morgan fingerprint density at radius 2 is 1.84 bits per heavy atom. The second kappa shape index (κ2) is 6.36. The normalized spacial score (nSPS) is 12.6. The second-order valence-electron chi connectivity index (χ2n) is 5.15. The van der Waals surface area contributed by atoms with Gasteiger partial charge in [-0.2, -0.15) is 0 Å². The van der Waals surface area contributed by atoms with E-state index >= 15 is 0 Å². The molecule has 0 aliphatic carbocycles. The lowest BCUT2D eigenvalue weighted by Gasteiger charge is -2.21. The minimum Gasteiger partial charge on any atom is -0.306 e. The molecule has 1 atom stereocenters. The molecule has 1 aromatic heterocycles. The van der Waals surface area contributed by atoms with Crippen LogP contribution in [0, 0.1) is 20.8 Å². The number of aryl methyl sites for hydroxylation is 3. The Bertz CT molecular complexity index is 542. The number of benzene rings is 1. The average molecular weight is 273 g/mol. The molecule has 0 saturated carbocycles. The summed E-state index contributed by atoms with van der Waals surface area (Å²) < 4.78 is 0. The van der Waals surface area contributed by atoms with Crippen LogP contribution in [0.2, 0.25) is 0 Å². The predicted octanol–water partition coefficient (Wildman–Crippen LogP) is 4.76. The fourth-order valence-electron chi connectivity index (χ4n) is 2.49. The topological polar surface area (TPSA) is 12.0 Å². The zero-order valence-corrected chi connectivity index (χ0v) is 13.1. The van der Waals surface area contributed by atoms with E-state index in [9.17, 15) is 0 Å². The molecule has 102 valence electrons. The average Bonchev–Trinajstić information content (AvgIpc) is 2.71. The van der Waals surface area contributed by atoms with E-state index in [0.29, 0.717) is 6.04 Å². The summed E-state index contributed by atoms with van der Waals surface area (Å²) in [6, 6.07) is 11.3. The van der Waals surface area contributed by atoms with Crippen LogP contribution < -0.4 is 5.32 Å². The summed E-state index contributed by atoms with van der Waals surface area (Å²) in [4.78, 5) is 2.85. The first-order chi connectivity index (χ1) is 9.13. The lowest BCUT2D eigenvalue weighted by atomic mass is 9.98. The van der Waals surface area contributed by atoms with Crippen LogP contribution in [0.15, 0.2) is 30.3 Å². The minimum absolute atomic E-state index is 0.333. The largest absolute Gasteiger partial charge is 0.306 e. The molecule has 0 radical (unpaired) electrons. The van der Waals surface area contributed by atoms with Crippen molar-refractivity contribution in [3.63, 3.8) is 0 Å². The van der Waals surface area contributed by atoms with Crippen molar-refractivity contribution in [2.24, 2.45) is 0 Å². The molecule has 0 amide bonds. The van der Waals surface area contributed by atoms with Crippen molar-refractivity contribution in [2.75, 3.05) is 6.54 Å². The highest BCUT2D eigenvalue weighted by molar-refractivity contribution is 7.12. The molecule has 0 saturated heterocycles. The molecule has 2 aromatic rings. The lowest BCUT2D eigenvalue weighted by Crippen LogP contribution is -2.23. The van der Waals surface area contributed by atoms with Gasteiger partial charge in [-0.1, -0.05) is 31.2 Å². The maximum atomic E-state index is 3.71. The monoisotopic (exact) mass is 273 g/mol.